The van der Waals surface area contributed by atoms with Gasteiger partial charge in [-0.05, 0) is 0 Å². The SMILES string of the molecule is COC(=O)Cc1ncc(OC(F)(F)F)c(OC)c1C(F)(F)F. The Labute approximate surface area is 119 Å². The molecule has 0 radical (unpaired) electrons. The van der Waals surface area contributed by atoms with Gasteiger partial charge in [0.2, 0.25) is 0 Å². The first kappa shape index (κ1) is 17.9. The molecule has 1 aromatic heterocycles. The van der Waals surface area contributed by atoms with Crippen LogP contribution in [0.4, 0.5) is 26.3 Å². The summed E-state index contributed by atoms with van der Waals surface area (Å²) in [5, 5.41) is 0. The molecular weight excluding hydrogens is 324 g/mol. The number of alkyl halides is 6. The largest absolute Gasteiger partial charge is 0.573 e. The van der Waals surface area contributed by atoms with Crippen LogP contribution in [0, 0.1) is 0 Å². The summed E-state index contributed by atoms with van der Waals surface area (Å²) in [6, 6.07) is 0. The molecule has 0 aliphatic carbocycles. The number of rotatable bonds is 4. The zero-order chi connectivity index (χ0) is 17.1. The fourth-order valence-corrected chi connectivity index (χ4v) is 1.55. The number of methoxy groups -OCH3 is 2. The third kappa shape index (κ3) is 4.40. The Morgan fingerprint density at radius 3 is 2.18 bits per heavy atom. The number of pyridine rings is 1. The standard InChI is InChI=1S/C11H9F6NO4/c1-20-7(19)3-5-8(10(12,13)14)9(21-2)6(4-18-5)22-11(15,16)17/h4H,3H2,1-2H3. The van der Waals surface area contributed by atoms with Crippen molar-refractivity contribution in [2.45, 2.75) is 19.0 Å². The van der Waals surface area contributed by atoms with Gasteiger partial charge < -0.3 is 14.2 Å². The minimum absolute atomic E-state index is 0.389. The highest BCUT2D eigenvalue weighted by molar-refractivity contribution is 5.73. The maximum atomic E-state index is 13.1. The fraction of sp³-hybridized carbons (Fsp3) is 0.455. The van der Waals surface area contributed by atoms with Gasteiger partial charge in [0.05, 0.1) is 32.5 Å². The maximum Gasteiger partial charge on any atom is 0.573 e. The minimum atomic E-state index is -5.23. The van der Waals surface area contributed by atoms with Crippen LogP contribution >= 0.6 is 0 Å². The Bertz CT molecular complexity index is 555. The molecule has 124 valence electrons. The van der Waals surface area contributed by atoms with Crippen LogP contribution in [0.5, 0.6) is 11.5 Å². The first-order chi connectivity index (χ1) is 9.99. The summed E-state index contributed by atoms with van der Waals surface area (Å²) >= 11 is 0. The second-order valence-electron chi connectivity index (χ2n) is 3.78. The normalized spacial score (nSPS) is 12.0. The highest BCUT2D eigenvalue weighted by atomic mass is 19.4. The molecule has 0 N–H and O–H groups in total. The van der Waals surface area contributed by atoms with Gasteiger partial charge in [-0.25, -0.2) is 0 Å². The van der Waals surface area contributed by atoms with Crippen LogP contribution in [0.2, 0.25) is 0 Å². The lowest BCUT2D eigenvalue weighted by molar-refractivity contribution is -0.275. The molecule has 1 heterocycles. The van der Waals surface area contributed by atoms with Gasteiger partial charge in [0.1, 0.15) is 5.56 Å². The number of esters is 1. The number of hydrogen-bond acceptors (Lipinski definition) is 5. The average molecular weight is 333 g/mol. The number of carbonyl (C=O) groups excluding carboxylic acids is 1. The van der Waals surface area contributed by atoms with E-state index in [1.54, 1.807) is 0 Å². The van der Waals surface area contributed by atoms with Gasteiger partial charge in [-0.2, -0.15) is 13.2 Å². The molecule has 0 unspecified atom stereocenters. The molecule has 11 heteroatoms. The Hall–Kier alpha value is -2.20. The minimum Gasteiger partial charge on any atom is -0.492 e. The van der Waals surface area contributed by atoms with Crippen LogP contribution in [-0.2, 0) is 22.1 Å². The number of nitrogens with zero attached hydrogens (tertiary/aromatic N) is 1. The molecule has 0 aromatic carbocycles. The molecule has 0 amide bonds. The number of ether oxygens (including phenoxy) is 3. The third-order valence-corrected chi connectivity index (χ3v) is 2.33. The van der Waals surface area contributed by atoms with Crippen molar-refractivity contribution in [1.82, 2.24) is 4.98 Å². The van der Waals surface area contributed by atoms with Gasteiger partial charge in [-0.1, -0.05) is 0 Å². The van der Waals surface area contributed by atoms with Crippen LogP contribution in [-0.4, -0.2) is 31.5 Å². The first-order valence-electron chi connectivity index (χ1n) is 5.45. The zero-order valence-electron chi connectivity index (χ0n) is 11.1. The molecule has 0 fully saturated rings. The van der Waals surface area contributed by atoms with E-state index in [1.807, 2.05) is 0 Å². The number of halogens is 6. The van der Waals surface area contributed by atoms with Crippen molar-refractivity contribution in [3.8, 4) is 11.5 Å². The van der Waals surface area contributed by atoms with E-state index >= 15 is 0 Å². The Morgan fingerprint density at radius 1 is 1.18 bits per heavy atom. The monoisotopic (exact) mass is 333 g/mol. The predicted octanol–water partition coefficient (Wildman–Crippen LogP) is 2.72. The molecule has 0 saturated carbocycles. The van der Waals surface area contributed by atoms with E-state index in [1.165, 1.54) is 0 Å². The van der Waals surface area contributed by atoms with E-state index in [-0.39, 0.29) is 0 Å². The van der Waals surface area contributed by atoms with Crippen molar-refractivity contribution < 1.29 is 45.3 Å². The van der Waals surface area contributed by atoms with Crippen LogP contribution in [0.25, 0.3) is 0 Å². The lowest BCUT2D eigenvalue weighted by atomic mass is 10.1. The summed E-state index contributed by atoms with van der Waals surface area (Å²) in [6.07, 6.45) is -10.9. The molecule has 0 aliphatic heterocycles. The third-order valence-electron chi connectivity index (χ3n) is 2.33. The molecule has 0 aliphatic rings. The van der Waals surface area contributed by atoms with Gasteiger partial charge in [0.25, 0.3) is 0 Å². The summed E-state index contributed by atoms with van der Waals surface area (Å²) < 4.78 is 87.8. The highest BCUT2D eigenvalue weighted by Crippen LogP contribution is 2.44. The summed E-state index contributed by atoms with van der Waals surface area (Å²) in [5.41, 5.74) is -2.48. The van der Waals surface area contributed by atoms with E-state index in [2.05, 4.69) is 19.2 Å². The van der Waals surface area contributed by atoms with Crippen LogP contribution in [0.15, 0.2) is 6.20 Å². The van der Waals surface area contributed by atoms with E-state index in [4.69, 9.17) is 0 Å². The fourth-order valence-electron chi connectivity index (χ4n) is 1.55. The van der Waals surface area contributed by atoms with Crippen molar-refractivity contribution in [1.29, 1.82) is 0 Å². The molecule has 0 atom stereocenters. The van der Waals surface area contributed by atoms with Crippen molar-refractivity contribution in [2.24, 2.45) is 0 Å². The molecule has 1 rings (SSSR count). The van der Waals surface area contributed by atoms with Gasteiger partial charge in [0.15, 0.2) is 11.5 Å². The summed E-state index contributed by atoms with van der Waals surface area (Å²) in [6.45, 7) is 0. The highest BCUT2D eigenvalue weighted by Gasteiger charge is 2.42. The summed E-state index contributed by atoms with van der Waals surface area (Å²) in [4.78, 5) is 14.3. The smallest absolute Gasteiger partial charge is 0.492 e. The van der Waals surface area contributed by atoms with Gasteiger partial charge in [0, 0.05) is 0 Å². The molecule has 0 saturated heterocycles. The molecule has 0 spiro atoms. The molecule has 0 bridgehead atoms. The van der Waals surface area contributed by atoms with E-state index in [9.17, 15) is 31.1 Å². The van der Waals surface area contributed by atoms with Crippen molar-refractivity contribution in [3.05, 3.63) is 17.5 Å². The molecule has 5 nitrogen and oxygen atoms in total. The molecule has 22 heavy (non-hydrogen) atoms. The first-order valence-corrected chi connectivity index (χ1v) is 5.45. The van der Waals surface area contributed by atoms with E-state index in [0.29, 0.717) is 6.20 Å². The second-order valence-corrected chi connectivity index (χ2v) is 3.78. The number of aromatic nitrogens is 1. The second kappa shape index (κ2) is 6.28. The van der Waals surface area contributed by atoms with Gasteiger partial charge >= 0.3 is 18.5 Å². The predicted molar refractivity (Wildman–Crippen MR) is 58.2 cm³/mol. The number of hydrogen-bond donors (Lipinski definition) is 0. The Balaban J connectivity index is 3.47. The van der Waals surface area contributed by atoms with Crippen molar-refractivity contribution in [2.75, 3.05) is 14.2 Å². The Morgan fingerprint density at radius 2 is 1.77 bits per heavy atom. The van der Waals surface area contributed by atoms with Crippen LogP contribution in [0.1, 0.15) is 11.3 Å². The summed E-state index contributed by atoms with van der Waals surface area (Å²) in [5.74, 6) is -3.54. The van der Waals surface area contributed by atoms with Crippen molar-refractivity contribution >= 4 is 5.97 Å². The quantitative estimate of drug-likeness (QED) is 0.626. The lowest BCUT2D eigenvalue weighted by Gasteiger charge is -2.19. The zero-order valence-corrected chi connectivity index (χ0v) is 11.1. The average Bonchev–Trinajstić information content (AvgIpc) is 2.36. The molecular formula is C11H9F6NO4. The Kier molecular flexibility index (Phi) is 5.09. The van der Waals surface area contributed by atoms with Crippen molar-refractivity contribution in [3.63, 3.8) is 0 Å². The van der Waals surface area contributed by atoms with Gasteiger partial charge in [-0.15, -0.1) is 13.2 Å². The summed E-state index contributed by atoms with van der Waals surface area (Å²) in [7, 11) is 1.67. The van der Waals surface area contributed by atoms with Gasteiger partial charge in [-0.3, -0.25) is 9.78 Å². The topological polar surface area (TPSA) is 57.7 Å². The molecule has 1 aromatic rings. The van der Waals surface area contributed by atoms with Crippen LogP contribution in [0.3, 0.4) is 0 Å². The van der Waals surface area contributed by atoms with E-state index in [0.717, 1.165) is 14.2 Å². The lowest BCUT2D eigenvalue weighted by Crippen LogP contribution is -2.21. The van der Waals surface area contributed by atoms with Crippen LogP contribution < -0.4 is 9.47 Å². The number of carbonyl (C=O) groups is 1. The van der Waals surface area contributed by atoms with E-state index < -0.39 is 47.7 Å². The maximum absolute atomic E-state index is 13.1.